The van der Waals surface area contributed by atoms with Crippen molar-refractivity contribution in [2.45, 2.75) is 19.4 Å². The van der Waals surface area contributed by atoms with E-state index in [0.29, 0.717) is 13.0 Å². The van der Waals surface area contributed by atoms with Gasteiger partial charge in [0.05, 0.1) is 0 Å². The third kappa shape index (κ3) is 3.98. The van der Waals surface area contributed by atoms with Crippen molar-refractivity contribution in [3.63, 3.8) is 0 Å². The highest BCUT2D eigenvalue weighted by molar-refractivity contribution is 5.75. The van der Waals surface area contributed by atoms with Gasteiger partial charge in [0, 0.05) is 45.5 Å². The minimum atomic E-state index is 0.148. The molecule has 0 aliphatic rings. The second-order valence-electron chi connectivity index (χ2n) is 3.99. The van der Waals surface area contributed by atoms with Gasteiger partial charge < -0.3 is 10.2 Å². The molecule has 0 bridgehead atoms. The third-order valence-corrected chi connectivity index (χ3v) is 2.49. The molecule has 4 nitrogen and oxygen atoms in total. The molecule has 0 saturated heterocycles. The molecule has 0 aromatic carbocycles. The highest BCUT2D eigenvalue weighted by Crippen LogP contribution is 2.09. The Morgan fingerprint density at radius 3 is 2.62 bits per heavy atom. The van der Waals surface area contributed by atoms with Gasteiger partial charge in [0.25, 0.3) is 0 Å². The van der Waals surface area contributed by atoms with E-state index in [9.17, 15) is 4.79 Å². The maximum absolute atomic E-state index is 11.3. The van der Waals surface area contributed by atoms with Crippen LogP contribution in [0.2, 0.25) is 0 Å². The minimum absolute atomic E-state index is 0.148. The summed E-state index contributed by atoms with van der Waals surface area (Å²) in [6, 6.07) is 4.20. The van der Waals surface area contributed by atoms with Crippen molar-refractivity contribution in [1.29, 1.82) is 0 Å². The van der Waals surface area contributed by atoms with Gasteiger partial charge in [-0.2, -0.15) is 0 Å². The monoisotopic (exact) mass is 221 g/mol. The summed E-state index contributed by atoms with van der Waals surface area (Å²) in [6.07, 6.45) is 4.08. The highest BCUT2D eigenvalue weighted by atomic mass is 16.2. The molecule has 1 aromatic heterocycles. The van der Waals surface area contributed by atoms with E-state index in [1.54, 1.807) is 31.4 Å². The summed E-state index contributed by atoms with van der Waals surface area (Å²) in [4.78, 5) is 16.9. The van der Waals surface area contributed by atoms with Gasteiger partial charge in [0.15, 0.2) is 0 Å². The van der Waals surface area contributed by atoms with Gasteiger partial charge in [-0.1, -0.05) is 0 Å². The van der Waals surface area contributed by atoms with Crippen LogP contribution >= 0.6 is 0 Å². The zero-order valence-electron chi connectivity index (χ0n) is 10.1. The largest absolute Gasteiger partial charge is 0.349 e. The van der Waals surface area contributed by atoms with Gasteiger partial charge in [-0.3, -0.25) is 9.78 Å². The zero-order valence-corrected chi connectivity index (χ0v) is 10.1. The van der Waals surface area contributed by atoms with Crippen LogP contribution in [0.5, 0.6) is 0 Å². The van der Waals surface area contributed by atoms with Crippen LogP contribution in [0.15, 0.2) is 24.5 Å². The van der Waals surface area contributed by atoms with Gasteiger partial charge in [0.2, 0.25) is 5.91 Å². The summed E-state index contributed by atoms with van der Waals surface area (Å²) in [5.41, 5.74) is 1.19. The fourth-order valence-electron chi connectivity index (χ4n) is 1.39. The Hall–Kier alpha value is -1.42. The molecule has 1 amide bonds. The molecule has 16 heavy (non-hydrogen) atoms. The van der Waals surface area contributed by atoms with E-state index in [-0.39, 0.29) is 11.9 Å². The van der Waals surface area contributed by atoms with E-state index in [1.807, 2.05) is 12.1 Å². The summed E-state index contributed by atoms with van der Waals surface area (Å²) >= 11 is 0. The van der Waals surface area contributed by atoms with Crippen molar-refractivity contribution in [2.24, 2.45) is 0 Å². The molecule has 1 aromatic rings. The first-order valence-electron chi connectivity index (χ1n) is 5.44. The van der Waals surface area contributed by atoms with Crippen LogP contribution in [-0.4, -0.2) is 36.4 Å². The zero-order chi connectivity index (χ0) is 12.0. The predicted octanol–water partition coefficient (Wildman–Crippen LogP) is 1.21. The summed E-state index contributed by atoms with van der Waals surface area (Å²) in [6.45, 7) is 2.77. The van der Waals surface area contributed by atoms with Gasteiger partial charge in [-0.25, -0.2) is 0 Å². The first kappa shape index (κ1) is 12.6. The first-order chi connectivity index (χ1) is 7.61. The van der Waals surface area contributed by atoms with Crippen molar-refractivity contribution in [2.75, 3.05) is 20.6 Å². The van der Waals surface area contributed by atoms with Crippen molar-refractivity contribution < 1.29 is 4.79 Å². The van der Waals surface area contributed by atoms with Crippen LogP contribution in [0, 0.1) is 0 Å². The summed E-state index contributed by atoms with van der Waals surface area (Å²) in [7, 11) is 3.54. The normalized spacial score (nSPS) is 12.2. The average Bonchev–Trinajstić information content (AvgIpc) is 2.29. The number of carbonyl (C=O) groups is 1. The highest BCUT2D eigenvalue weighted by Gasteiger charge is 2.06. The Balaban J connectivity index is 2.31. The van der Waals surface area contributed by atoms with E-state index in [1.165, 1.54) is 5.56 Å². The fraction of sp³-hybridized carbons (Fsp3) is 0.500. The smallest absolute Gasteiger partial charge is 0.223 e. The molecule has 4 heteroatoms. The van der Waals surface area contributed by atoms with Gasteiger partial charge in [0.1, 0.15) is 0 Å². The lowest BCUT2D eigenvalue weighted by Gasteiger charge is -2.15. The quantitative estimate of drug-likeness (QED) is 0.813. The predicted molar refractivity (Wildman–Crippen MR) is 64.0 cm³/mol. The lowest BCUT2D eigenvalue weighted by Crippen LogP contribution is -2.28. The second kappa shape index (κ2) is 6.23. The molecule has 0 spiro atoms. The number of hydrogen-bond donors (Lipinski definition) is 1. The number of carbonyl (C=O) groups excluding carboxylic acids is 1. The minimum Gasteiger partial charge on any atom is -0.349 e. The molecule has 0 fully saturated rings. The topological polar surface area (TPSA) is 45.2 Å². The van der Waals surface area contributed by atoms with E-state index >= 15 is 0 Å². The van der Waals surface area contributed by atoms with E-state index in [0.717, 1.165) is 0 Å². The molecule has 1 atom stereocenters. The molecule has 1 rings (SSSR count). The van der Waals surface area contributed by atoms with Gasteiger partial charge in [-0.05, 0) is 24.6 Å². The number of rotatable bonds is 5. The summed E-state index contributed by atoms with van der Waals surface area (Å²) < 4.78 is 0. The van der Waals surface area contributed by atoms with Crippen LogP contribution in [0.1, 0.15) is 24.9 Å². The number of hydrogen-bond acceptors (Lipinski definition) is 3. The lowest BCUT2D eigenvalue weighted by molar-refractivity contribution is -0.128. The molecular weight excluding hydrogens is 202 g/mol. The SMILES string of the molecule is C[C@@H](NCCC(=O)N(C)C)c1ccncc1. The maximum Gasteiger partial charge on any atom is 0.223 e. The molecule has 1 N–H and O–H groups in total. The molecule has 0 unspecified atom stereocenters. The number of amides is 1. The van der Waals surface area contributed by atoms with Crippen LogP contribution in [-0.2, 0) is 4.79 Å². The van der Waals surface area contributed by atoms with Crippen molar-refractivity contribution in [3.8, 4) is 0 Å². The van der Waals surface area contributed by atoms with Crippen molar-refractivity contribution in [1.82, 2.24) is 15.2 Å². The van der Waals surface area contributed by atoms with Crippen LogP contribution in [0.25, 0.3) is 0 Å². The number of nitrogens with one attached hydrogen (secondary N) is 1. The molecule has 0 saturated carbocycles. The second-order valence-corrected chi connectivity index (χ2v) is 3.99. The first-order valence-corrected chi connectivity index (χ1v) is 5.44. The summed E-state index contributed by atoms with van der Waals surface area (Å²) in [5.74, 6) is 0.148. The van der Waals surface area contributed by atoms with Gasteiger partial charge >= 0.3 is 0 Å². The number of pyridine rings is 1. The van der Waals surface area contributed by atoms with E-state index in [2.05, 4.69) is 17.2 Å². The Morgan fingerprint density at radius 1 is 1.44 bits per heavy atom. The number of nitrogens with zero attached hydrogens (tertiary/aromatic N) is 2. The van der Waals surface area contributed by atoms with E-state index in [4.69, 9.17) is 0 Å². The van der Waals surface area contributed by atoms with Crippen molar-refractivity contribution in [3.05, 3.63) is 30.1 Å². The standard InChI is InChI=1S/C12H19N3O/c1-10(11-4-7-13-8-5-11)14-9-6-12(16)15(2)3/h4-5,7-8,10,14H,6,9H2,1-3H3/t10-/m1/s1. The Kier molecular flexibility index (Phi) is 4.92. The lowest BCUT2D eigenvalue weighted by atomic mass is 10.1. The third-order valence-electron chi connectivity index (χ3n) is 2.49. The maximum atomic E-state index is 11.3. The van der Waals surface area contributed by atoms with E-state index < -0.39 is 0 Å². The van der Waals surface area contributed by atoms with Gasteiger partial charge in [-0.15, -0.1) is 0 Å². The van der Waals surface area contributed by atoms with Crippen molar-refractivity contribution >= 4 is 5.91 Å². The molecule has 1 heterocycles. The Morgan fingerprint density at radius 2 is 2.06 bits per heavy atom. The molecule has 0 radical (unpaired) electrons. The molecule has 88 valence electrons. The average molecular weight is 221 g/mol. The van der Waals surface area contributed by atoms with Crippen LogP contribution in [0.4, 0.5) is 0 Å². The van der Waals surface area contributed by atoms with Crippen LogP contribution in [0.3, 0.4) is 0 Å². The Labute approximate surface area is 96.7 Å². The Bertz CT molecular complexity index is 324. The fourth-order valence-corrected chi connectivity index (χ4v) is 1.39. The molecule has 0 aliphatic heterocycles. The summed E-state index contributed by atoms with van der Waals surface area (Å²) in [5, 5.41) is 3.31. The molecule has 0 aliphatic carbocycles. The van der Waals surface area contributed by atoms with Crippen LogP contribution < -0.4 is 5.32 Å². The number of aromatic nitrogens is 1. The molecular formula is C12H19N3O.